The molecule has 0 saturated carbocycles. The number of benzene rings is 2. The molecule has 0 spiro atoms. The molecule has 0 bridgehead atoms. The van der Waals surface area contributed by atoms with Crippen LogP contribution in [0.25, 0.3) is 0 Å². The van der Waals surface area contributed by atoms with E-state index >= 15 is 0 Å². The van der Waals surface area contributed by atoms with Crippen LogP contribution in [0.1, 0.15) is 18.1 Å². The Balaban J connectivity index is 2.15. The molecule has 2 rings (SSSR count). The van der Waals surface area contributed by atoms with E-state index in [1.807, 2.05) is 42.5 Å². The van der Waals surface area contributed by atoms with Gasteiger partial charge in [0.05, 0.1) is 0 Å². The normalized spacial score (nSPS) is 10.6. The molecule has 0 saturated heterocycles. The molecule has 112 valence electrons. The van der Waals surface area contributed by atoms with Gasteiger partial charge in [-0.05, 0) is 42.8 Å². The van der Waals surface area contributed by atoms with E-state index in [4.69, 9.17) is 21.4 Å². The van der Waals surface area contributed by atoms with Crippen molar-refractivity contribution in [2.45, 2.75) is 19.9 Å². The maximum Gasteiger partial charge on any atom is 0.133 e. The van der Waals surface area contributed by atoms with Gasteiger partial charge in [0.15, 0.2) is 0 Å². The first-order valence-electron chi connectivity index (χ1n) is 7.09. The lowest BCUT2D eigenvalue weighted by atomic mass is 10.1. The second-order valence-corrected chi connectivity index (χ2v) is 5.19. The fraction of sp³-hybridized carbons (Fsp3) is 0.294. The van der Waals surface area contributed by atoms with Crippen LogP contribution in [-0.2, 0) is 13.0 Å². The van der Waals surface area contributed by atoms with Crippen molar-refractivity contribution in [3.05, 3.63) is 58.6 Å². The lowest BCUT2D eigenvalue weighted by molar-refractivity contribution is 0.299. The third kappa shape index (κ3) is 4.74. The zero-order valence-electron chi connectivity index (χ0n) is 12.1. The van der Waals surface area contributed by atoms with E-state index in [-0.39, 0.29) is 6.61 Å². The zero-order valence-corrected chi connectivity index (χ0v) is 12.9. The number of rotatable bonds is 7. The Labute approximate surface area is 130 Å². The summed E-state index contributed by atoms with van der Waals surface area (Å²) in [4.78, 5) is 0. The summed E-state index contributed by atoms with van der Waals surface area (Å²) < 4.78 is 5.93. The van der Waals surface area contributed by atoms with Crippen LogP contribution in [0, 0.1) is 0 Å². The minimum Gasteiger partial charge on any atom is -0.457 e. The van der Waals surface area contributed by atoms with Crippen LogP contribution in [0.4, 0.5) is 0 Å². The first-order chi connectivity index (χ1) is 10.2. The molecule has 0 unspecified atom stereocenters. The number of ether oxygens (including phenoxy) is 1. The molecule has 3 nitrogen and oxygen atoms in total. The summed E-state index contributed by atoms with van der Waals surface area (Å²) in [6.07, 6.45) is 0.656. The monoisotopic (exact) mass is 305 g/mol. The van der Waals surface area contributed by atoms with E-state index in [0.29, 0.717) is 11.4 Å². The molecule has 0 aromatic heterocycles. The summed E-state index contributed by atoms with van der Waals surface area (Å²) in [5.74, 6) is 1.52. The molecule has 2 aromatic rings. The summed E-state index contributed by atoms with van der Waals surface area (Å²) >= 11 is 6.06. The third-order valence-electron chi connectivity index (χ3n) is 3.15. The predicted molar refractivity (Wildman–Crippen MR) is 86.1 cm³/mol. The Hall–Kier alpha value is -1.55. The van der Waals surface area contributed by atoms with Crippen molar-refractivity contribution in [2.24, 2.45) is 0 Å². The van der Waals surface area contributed by atoms with Crippen LogP contribution in [0.5, 0.6) is 11.5 Å². The Morgan fingerprint density at radius 1 is 1.14 bits per heavy atom. The van der Waals surface area contributed by atoms with Crippen molar-refractivity contribution < 1.29 is 9.84 Å². The van der Waals surface area contributed by atoms with Crippen LogP contribution in [0.3, 0.4) is 0 Å². The molecule has 0 heterocycles. The summed E-state index contributed by atoms with van der Waals surface area (Å²) in [5, 5.41) is 12.9. The topological polar surface area (TPSA) is 41.5 Å². The van der Waals surface area contributed by atoms with Crippen LogP contribution < -0.4 is 10.1 Å². The standard InChI is InChI=1S/C17H20ClNO2/c1-2-19-12-14-5-6-15(18)11-17(14)21-16-7-3-13(4-8-16)9-10-20/h3-8,11,19-20H,2,9-10,12H2,1H3. The van der Waals surface area contributed by atoms with Crippen LogP contribution in [-0.4, -0.2) is 18.3 Å². The first kappa shape index (κ1) is 15.8. The van der Waals surface area contributed by atoms with Gasteiger partial charge < -0.3 is 15.2 Å². The van der Waals surface area contributed by atoms with Crippen molar-refractivity contribution >= 4 is 11.6 Å². The molecule has 0 radical (unpaired) electrons. The van der Waals surface area contributed by atoms with E-state index in [0.717, 1.165) is 35.7 Å². The van der Waals surface area contributed by atoms with Gasteiger partial charge in [0.25, 0.3) is 0 Å². The third-order valence-corrected chi connectivity index (χ3v) is 3.38. The van der Waals surface area contributed by atoms with E-state index in [1.54, 1.807) is 0 Å². The first-order valence-corrected chi connectivity index (χ1v) is 7.47. The van der Waals surface area contributed by atoms with Gasteiger partial charge in [-0.15, -0.1) is 0 Å². The van der Waals surface area contributed by atoms with Crippen molar-refractivity contribution in [2.75, 3.05) is 13.2 Å². The molecule has 2 N–H and O–H groups in total. The average Bonchev–Trinajstić information content (AvgIpc) is 2.49. The number of nitrogens with one attached hydrogen (secondary N) is 1. The molecule has 2 aromatic carbocycles. The molecule has 0 aliphatic heterocycles. The summed E-state index contributed by atoms with van der Waals surface area (Å²) in [6.45, 7) is 3.86. The van der Waals surface area contributed by atoms with Crippen molar-refractivity contribution in [3.8, 4) is 11.5 Å². The Morgan fingerprint density at radius 3 is 2.57 bits per heavy atom. The summed E-state index contributed by atoms with van der Waals surface area (Å²) in [7, 11) is 0. The number of aliphatic hydroxyl groups is 1. The highest BCUT2D eigenvalue weighted by Gasteiger charge is 2.06. The Morgan fingerprint density at radius 2 is 1.90 bits per heavy atom. The van der Waals surface area contributed by atoms with Gasteiger partial charge in [-0.25, -0.2) is 0 Å². The molecule has 0 fully saturated rings. The van der Waals surface area contributed by atoms with Gasteiger partial charge in [0.1, 0.15) is 11.5 Å². The fourth-order valence-electron chi connectivity index (χ4n) is 2.01. The number of aliphatic hydroxyl groups excluding tert-OH is 1. The highest BCUT2D eigenvalue weighted by Crippen LogP contribution is 2.28. The molecular formula is C17H20ClNO2. The van der Waals surface area contributed by atoms with E-state index < -0.39 is 0 Å². The minimum absolute atomic E-state index is 0.154. The zero-order chi connectivity index (χ0) is 15.1. The maximum absolute atomic E-state index is 8.92. The van der Waals surface area contributed by atoms with Crippen LogP contribution in [0.15, 0.2) is 42.5 Å². The average molecular weight is 306 g/mol. The lowest BCUT2D eigenvalue weighted by Crippen LogP contribution is -2.12. The van der Waals surface area contributed by atoms with Crippen molar-refractivity contribution in [1.82, 2.24) is 5.32 Å². The quantitative estimate of drug-likeness (QED) is 0.818. The number of hydrogen-bond acceptors (Lipinski definition) is 3. The smallest absolute Gasteiger partial charge is 0.133 e. The van der Waals surface area contributed by atoms with Gasteiger partial charge in [-0.1, -0.05) is 36.7 Å². The summed E-state index contributed by atoms with van der Waals surface area (Å²) in [6, 6.07) is 13.4. The fourth-order valence-corrected chi connectivity index (χ4v) is 2.17. The van der Waals surface area contributed by atoms with Gasteiger partial charge in [0, 0.05) is 23.7 Å². The van der Waals surface area contributed by atoms with Gasteiger partial charge in [-0.2, -0.15) is 0 Å². The number of halogens is 1. The highest BCUT2D eigenvalue weighted by atomic mass is 35.5. The molecule has 0 aliphatic carbocycles. The van der Waals surface area contributed by atoms with Crippen molar-refractivity contribution in [3.63, 3.8) is 0 Å². The largest absolute Gasteiger partial charge is 0.457 e. The molecule has 21 heavy (non-hydrogen) atoms. The summed E-state index contributed by atoms with van der Waals surface area (Å²) in [5.41, 5.74) is 2.16. The highest BCUT2D eigenvalue weighted by molar-refractivity contribution is 6.30. The SMILES string of the molecule is CCNCc1ccc(Cl)cc1Oc1ccc(CCO)cc1. The van der Waals surface area contributed by atoms with E-state index in [2.05, 4.69) is 12.2 Å². The van der Waals surface area contributed by atoms with Crippen LogP contribution >= 0.6 is 11.6 Å². The molecule has 0 amide bonds. The lowest BCUT2D eigenvalue weighted by Gasteiger charge is -2.12. The molecule has 4 heteroatoms. The van der Waals surface area contributed by atoms with Gasteiger partial charge in [-0.3, -0.25) is 0 Å². The maximum atomic E-state index is 8.92. The Bertz CT molecular complexity index is 570. The minimum atomic E-state index is 0.154. The molecule has 0 atom stereocenters. The van der Waals surface area contributed by atoms with E-state index in [1.165, 1.54) is 0 Å². The number of hydrogen-bond donors (Lipinski definition) is 2. The van der Waals surface area contributed by atoms with E-state index in [9.17, 15) is 0 Å². The van der Waals surface area contributed by atoms with Gasteiger partial charge >= 0.3 is 0 Å². The molecule has 0 aliphatic rings. The second kappa shape index (κ2) is 8.03. The van der Waals surface area contributed by atoms with Crippen LogP contribution in [0.2, 0.25) is 5.02 Å². The van der Waals surface area contributed by atoms with Crippen molar-refractivity contribution in [1.29, 1.82) is 0 Å². The second-order valence-electron chi connectivity index (χ2n) is 4.75. The Kier molecular flexibility index (Phi) is 6.05. The predicted octanol–water partition coefficient (Wildman–Crippen LogP) is 3.78. The van der Waals surface area contributed by atoms with Gasteiger partial charge in [0.2, 0.25) is 0 Å². The molecular weight excluding hydrogens is 286 g/mol.